The molecule has 0 aromatic heterocycles. The van der Waals surface area contributed by atoms with Crippen molar-refractivity contribution < 1.29 is 19.4 Å². The number of benzene rings is 2. The van der Waals surface area contributed by atoms with Crippen molar-refractivity contribution in [3.63, 3.8) is 0 Å². The van der Waals surface area contributed by atoms with Gasteiger partial charge in [0, 0.05) is 6.54 Å². The number of aryl methyl sites for hydroxylation is 1. The van der Waals surface area contributed by atoms with E-state index >= 15 is 0 Å². The highest BCUT2D eigenvalue weighted by atomic mass is 16.5. The molecular weight excluding hydrogens is 306 g/mol. The molecule has 24 heavy (non-hydrogen) atoms. The summed E-state index contributed by atoms with van der Waals surface area (Å²) in [6.07, 6.45) is 1.22. The lowest BCUT2D eigenvalue weighted by molar-refractivity contribution is -0.136. The Labute approximate surface area is 141 Å². The van der Waals surface area contributed by atoms with Crippen LogP contribution in [0.4, 0.5) is 4.79 Å². The van der Waals surface area contributed by atoms with E-state index < -0.39 is 12.1 Å². The van der Waals surface area contributed by atoms with Crippen LogP contribution in [0, 0.1) is 0 Å². The highest BCUT2D eigenvalue weighted by Gasteiger charge is 2.03. The third-order valence-electron chi connectivity index (χ3n) is 3.50. The summed E-state index contributed by atoms with van der Waals surface area (Å²) in [5.74, 6) is -0.832. The molecule has 2 N–H and O–H groups in total. The van der Waals surface area contributed by atoms with E-state index in [2.05, 4.69) is 5.32 Å². The Hall–Kier alpha value is -2.82. The zero-order valence-electron chi connectivity index (χ0n) is 13.4. The molecule has 0 heterocycles. The number of carbonyl (C=O) groups excluding carboxylic acids is 1. The van der Waals surface area contributed by atoms with E-state index in [0.29, 0.717) is 6.54 Å². The molecule has 5 nitrogen and oxygen atoms in total. The first-order chi connectivity index (χ1) is 11.6. The van der Waals surface area contributed by atoms with Gasteiger partial charge in [0.15, 0.2) is 0 Å². The zero-order valence-corrected chi connectivity index (χ0v) is 13.4. The van der Waals surface area contributed by atoms with Gasteiger partial charge < -0.3 is 15.2 Å². The van der Waals surface area contributed by atoms with Crippen molar-refractivity contribution >= 4 is 12.1 Å². The van der Waals surface area contributed by atoms with Crippen LogP contribution in [0.25, 0.3) is 0 Å². The van der Waals surface area contributed by atoms with Gasteiger partial charge in [0.05, 0.1) is 6.42 Å². The summed E-state index contributed by atoms with van der Waals surface area (Å²) in [4.78, 5) is 22.2. The Morgan fingerprint density at radius 2 is 1.58 bits per heavy atom. The minimum absolute atomic E-state index is 0.0368. The van der Waals surface area contributed by atoms with Crippen LogP contribution >= 0.6 is 0 Å². The molecule has 0 saturated carbocycles. The average Bonchev–Trinajstić information content (AvgIpc) is 2.59. The number of carboxylic acids is 1. The quantitative estimate of drug-likeness (QED) is 0.730. The number of hydrogen-bond donors (Lipinski definition) is 2. The Kier molecular flexibility index (Phi) is 6.83. The molecule has 0 aliphatic rings. The SMILES string of the molecule is O=C(O)Cc1ccc(CCCNC(=O)OCc2ccccc2)cc1. The summed E-state index contributed by atoms with van der Waals surface area (Å²) in [6.45, 7) is 0.794. The van der Waals surface area contributed by atoms with Gasteiger partial charge in [-0.15, -0.1) is 0 Å². The summed E-state index contributed by atoms with van der Waals surface area (Å²) >= 11 is 0. The van der Waals surface area contributed by atoms with Crippen LogP contribution in [0.2, 0.25) is 0 Å². The van der Waals surface area contributed by atoms with E-state index in [1.807, 2.05) is 54.6 Å². The van der Waals surface area contributed by atoms with Crippen molar-refractivity contribution in [1.29, 1.82) is 0 Å². The average molecular weight is 327 g/mol. The molecule has 5 heteroatoms. The van der Waals surface area contributed by atoms with Gasteiger partial charge in [-0.3, -0.25) is 4.79 Å². The normalized spacial score (nSPS) is 10.2. The number of hydrogen-bond acceptors (Lipinski definition) is 3. The van der Waals surface area contributed by atoms with Crippen LogP contribution in [-0.2, 0) is 29.0 Å². The van der Waals surface area contributed by atoms with Crippen LogP contribution in [-0.4, -0.2) is 23.7 Å². The van der Waals surface area contributed by atoms with Crippen LogP contribution < -0.4 is 5.32 Å². The third-order valence-corrected chi connectivity index (χ3v) is 3.50. The van der Waals surface area contributed by atoms with Crippen molar-refractivity contribution in [3.05, 3.63) is 71.3 Å². The number of amides is 1. The number of carboxylic acid groups (broad SMARTS) is 1. The highest BCUT2D eigenvalue weighted by molar-refractivity contribution is 5.70. The van der Waals surface area contributed by atoms with Gasteiger partial charge in [-0.25, -0.2) is 4.79 Å². The maximum Gasteiger partial charge on any atom is 0.407 e. The number of nitrogens with one attached hydrogen (secondary N) is 1. The Balaban J connectivity index is 1.62. The van der Waals surface area contributed by atoms with Gasteiger partial charge in [-0.2, -0.15) is 0 Å². The predicted molar refractivity (Wildman–Crippen MR) is 90.7 cm³/mol. The number of aliphatic carboxylic acids is 1. The number of ether oxygens (including phenoxy) is 1. The fourth-order valence-corrected chi connectivity index (χ4v) is 2.26. The van der Waals surface area contributed by atoms with Crippen molar-refractivity contribution in [3.8, 4) is 0 Å². The summed E-state index contributed by atoms with van der Waals surface area (Å²) in [5.41, 5.74) is 2.85. The van der Waals surface area contributed by atoms with E-state index in [1.54, 1.807) is 0 Å². The van der Waals surface area contributed by atoms with Crippen LogP contribution in [0.15, 0.2) is 54.6 Å². The van der Waals surface area contributed by atoms with Gasteiger partial charge in [-0.05, 0) is 29.5 Å². The molecule has 0 spiro atoms. The molecule has 1 amide bonds. The smallest absolute Gasteiger partial charge is 0.407 e. The molecule has 0 aliphatic heterocycles. The number of alkyl carbamates (subject to hydrolysis) is 1. The summed E-state index contributed by atoms with van der Waals surface area (Å²) in [6, 6.07) is 17.0. The first-order valence-corrected chi connectivity index (χ1v) is 7.87. The lowest BCUT2D eigenvalue weighted by Gasteiger charge is -2.07. The second-order valence-corrected chi connectivity index (χ2v) is 5.48. The van der Waals surface area contributed by atoms with Gasteiger partial charge in [0.1, 0.15) is 6.61 Å². The minimum Gasteiger partial charge on any atom is -0.481 e. The topological polar surface area (TPSA) is 75.6 Å². The Bertz CT molecular complexity index is 653. The summed E-state index contributed by atoms with van der Waals surface area (Å²) in [7, 11) is 0. The van der Waals surface area contributed by atoms with E-state index in [4.69, 9.17) is 9.84 Å². The first kappa shape index (κ1) is 17.5. The molecule has 0 bridgehead atoms. The standard InChI is InChI=1S/C19H21NO4/c21-18(22)13-16-10-8-15(9-11-16)7-4-12-20-19(23)24-14-17-5-2-1-3-6-17/h1-3,5-6,8-11H,4,7,12-14H2,(H,20,23)(H,21,22). The van der Waals surface area contributed by atoms with Gasteiger partial charge in [0.2, 0.25) is 0 Å². The fourth-order valence-electron chi connectivity index (χ4n) is 2.26. The van der Waals surface area contributed by atoms with Crippen molar-refractivity contribution in [2.45, 2.75) is 25.9 Å². The second kappa shape index (κ2) is 9.35. The fraction of sp³-hybridized carbons (Fsp3) is 0.263. The van der Waals surface area contributed by atoms with Crippen LogP contribution in [0.3, 0.4) is 0 Å². The van der Waals surface area contributed by atoms with Crippen LogP contribution in [0.1, 0.15) is 23.1 Å². The third kappa shape index (κ3) is 6.52. The molecule has 0 aliphatic carbocycles. The molecule has 0 unspecified atom stereocenters. The van der Waals surface area contributed by atoms with Gasteiger partial charge >= 0.3 is 12.1 Å². The Morgan fingerprint density at radius 3 is 2.25 bits per heavy atom. The lowest BCUT2D eigenvalue weighted by atomic mass is 10.1. The highest BCUT2D eigenvalue weighted by Crippen LogP contribution is 2.07. The molecule has 0 saturated heterocycles. The minimum atomic E-state index is -0.832. The number of carbonyl (C=O) groups is 2. The predicted octanol–water partition coefficient (Wildman–Crippen LogP) is 3.17. The van der Waals surface area contributed by atoms with Gasteiger partial charge in [0.25, 0.3) is 0 Å². The molecule has 2 rings (SSSR count). The Morgan fingerprint density at radius 1 is 0.917 bits per heavy atom. The summed E-state index contributed by atoms with van der Waals surface area (Å²) in [5, 5.41) is 11.4. The first-order valence-electron chi connectivity index (χ1n) is 7.87. The maximum atomic E-state index is 11.6. The lowest BCUT2D eigenvalue weighted by Crippen LogP contribution is -2.25. The molecule has 0 radical (unpaired) electrons. The molecule has 2 aromatic rings. The van der Waals surface area contributed by atoms with E-state index in [1.165, 1.54) is 0 Å². The van der Waals surface area contributed by atoms with Crippen molar-refractivity contribution in [1.82, 2.24) is 5.32 Å². The molecular formula is C19H21NO4. The monoisotopic (exact) mass is 327 g/mol. The molecule has 0 atom stereocenters. The van der Waals surface area contributed by atoms with E-state index in [-0.39, 0.29) is 13.0 Å². The zero-order chi connectivity index (χ0) is 17.2. The number of rotatable bonds is 8. The van der Waals surface area contributed by atoms with E-state index in [0.717, 1.165) is 29.5 Å². The molecule has 126 valence electrons. The molecule has 2 aromatic carbocycles. The van der Waals surface area contributed by atoms with E-state index in [9.17, 15) is 9.59 Å². The maximum absolute atomic E-state index is 11.6. The second-order valence-electron chi connectivity index (χ2n) is 5.48. The van der Waals surface area contributed by atoms with Crippen molar-refractivity contribution in [2.75, 3.05) is 6.54 Å². The van der Waals surface area contributed by atoms with Crippen molar-refractivity contribution in [2.24, 2.45) is 0 Å². The van der Waals surface area contributed by atoms with Crippen LogP contribution in [0.5, 0.6) is 0 Å². The molecule has 0 fully saturated rings. The largest absolute Gasteiger partial charge is 0.481 e. The summed E-state index contributed by atoms with van der Waals surface area (Å²) < 4.78 is 5.13. The van der Waals surface area contributed by atoms with Gasteiger partial charge in [-0.1, -0.05) is 54.6 Å².